The third-order valence-corrected chi connectivity index (χ3v) is 4.83. The van der Waals surface area contributed by atoms with Gasteiger partial charge in [0, 0.05) is 6.04 Å². The molecule has 2 heteroatoms. The second kappa shape index (κ2) is 7.68. The highest BCUT2D eigenvalue weighted by atomic mass is 16.5. The fourth-order valence-electron chi connectivity index (χ4n) is 3.13. The maximum absolute atomic E-state index is 5.98. The smallest absolute Gasteiger partial charge is 0.119 e. The summed E-state index contributed by atoms with van der Waals surface area (Å²) >= 11 is 0. The minimum absolute atomic E-state index is 0.492. The van der Waals surface area contributed by atoms with Gasteiger partial charge in [0.15, 0.2) is 0 Å². The van der Waals surface area contributed by atoms with Gasteiger partial charge in [0.05, 0.1) is 0 Å². The van der Waals surface area contributed by atoms with Crippen molar-refractivity contribution in [3.63, 3.8) is 0 Å². The highest BCUT2D eigenvalue weighted by Gasteiger charge is 2.24. The van der Waals surface area contributed by atoms with Crippen LogP contribution in [-0.2, 0) is 0 Å². The van der Waals surface area contributed by atoms with E-state index in [0.29, 0.717) is 12.0 Å². The molecular formula is C18H29NO. The van der Waals surface area contributed by atoms with E-state index in [4.69, 9.17) is 4.74 Å². The van der Waals surface area contributed by atoms with E-state index in [1.165, 1.54) is 37.7 Å². The Morgan fingerprint density at radius 3 is 2.40 bits per heavy atom. The molecular weight excluding hydrogens is 246 g/mol. The van der Waals surface area contributed by atoms with Gasteiger partial charge in [-0.1, -0.05) is 38.8 Å². The molecule has 2 rings (SSSR count). The van der Waals surface area contributed by atoms with Crippen molar-refractivity contribution >= 4 is 0 Å². The lowest BCUT2D eigenvalue weighted by molar-refractivity contribution is 0.225. The molecule has 0 aromatic heterocycles. The number of benzene rings is 1. The highest BCUT2D eigenvalue weighted by molar-refractivity contribution is 5.29. The van der Waals surface area contributed by atoms with E-state index in [9.17, 15) is 0 Å². The summed E-state index contributed by atoms with van der Waals surface area (Å²) in [5.41, 5.74) is 1.40. The summed E-state index contributed by atoms with van der Waals surface area (Å²) in [7, 11) is 2.05. The molecule has 0 amide bonds. The van der Waals surface area contributed by atoms with Gasteiger partial charge in [-0.3, -0.25) is 0 Å². The molecule has 1 aliphatic carbocycles. The molecule has 1 fully saturated rings. The molecule has 0 bridgehead atoms. The molecule has 2 unspecified atom stereocenters. The number of hydrogen-bond acceptors (Lipinski definition) is 2. The molecule has 112 valence electrons. The van der Waals surface area contributed by atoms with Crippen LogP contribution >= 0.6 is 0 Å². The predicted molar refractivity (Wildman–Crippen MR) is 85.4 cm³/mol. The Balaban J connectivity index is 1.86. The van der Waals surface area contributed by atoms with E-state index < -0.39 is 0 Å². The van der Waals surface area contributed by atoms with Crippen LogP contribution in [-0.4, -0.2) is 19.7 Å². The van der Waals surface area contributed by atoms with Gasteiger partial charge >= 0.3 is 0 Å². The third-order valence-electron chi connectivity index (χ3n) is 4.83. The van der Waals surface area contributed by atoms with Crippen molar-refractivity contribution in [3.8, 4) is 5.75 Å². The Morgan fingerprint density at radius 1 is 1.20 bits per heavy atom. The number of ether oxygens (including phenoxy) is 1. The van der Waals surface area contributed by atoms with Gasteiger partial charge in [0.2, 0.25) is 0 Å². The topological polar surface area (TPSA) is 21.3 Å². The first-order chi connectivity index (χ1) is 9.74. The molecule has 1 saturated carbocycles. The Labute approximate surface area is 123 Å². The second-order valence-corrected chi connectivity index (χ2v) is 6.13. The first kappa shape index (κ1) is 15.4. The van der Waals surface area contributed by atoms with Crippen LogP contribution in [0.2, 0.25) is 0 Å². The van der Waals surface area contributed by atoms with Gasteiger partial charge < -0.3 is 10.1 Å². The Kier molecular flexibility index (Phi) is 5.90. The molecule has 0 heterocycles. The molecule has 2 nitrogen and oxygen atoms in total. The summed E-state index contributed by atoms with van der Waals surface area (Å²) in [5.74, 6) is 2.42. The molecule has 1 aliphatic rings. The zero-order valence-corrected chi connectivity index (χ0v) is 13.2. The summed E-state index contributed by atoms with van der Waals surface area (Å²) in [4.78, 5) is 0. The van der Waals surface area contributed by atoms with Crippen LogP contribution in [0.3, 0.4) is 0 Å². The summed E-state index contributed by atoms with van der Waals surface area (Å²) in [6.07, 6.45) is 6.65. The summed E-state index contributed by atoms with van der Waals surface area (Å²) in [6, 6.07) is 9.12. The van der Waals surface area contributed by atoms with Crippen LogP contribution in [0, 0.1) is 5.92 Å². The summed E-state index contributed by atoms with van der Waals surface area (Å²) in [5, 5.41) is 3.43. The lowest BCUT2D eigenvalue weighted by Crippen LogP contribution is -2.37. The molecule has 1 aromatic rings. The van der Waals surface area contributed by atoms with Crippen molar-refractivity contribution in [2.45, 2.75) is 57.9 Å². The molecule has 0 aliphatic heterocycles. The molecule has 0 radical (unpaired) electrons. The minimum atomic E-state index is 0.492. The molecule has 0 spiro atoms. The van der Waals surface area contributed by atoms with Crippen molar-refractivity contribution in [2.75, 3.05) is 13.7 Å². The number of hydrogen-bond donors (Lipinski definition) is 1. The maximum Gasteiger partial charge on any atom is 0.119 e. The molecule has 2 atom stereocenters. The molecule has 1 N–H and O–H groups in total. The first-order valence-electron chi connectivity index (χ1n) is 8.14. The number of likely N-dealkylation sites (N-methyl/N-ethyl adjacent to an activating group) is 1. The van der Waals surface area contributed by atoms with Gasteiger partial charge in [-0.2, -0.15) is 0 Å². The van der Waals surface area contributed by atoms with Crippen LogP contribution in [0.25, 0.3) is 0 Å². The van der Waals surface area contributed by atoms with Gasteiger partial charge in [0.1, 0.15) is 12.4 Å². The van der Waals surface area contributed by atoms with E-state index in [1.807, 2.05) is 0 Å². The van der Waals surface area contributed by atoms with E-state index >= 15 is 0 Å². The highest BCUT2D eigenvalue weighted by Crippen LogP contribution is 2.28. The Morgan fingerprint density at radius 2 is 1.85 bits per heavy atom. The maximum atomic E-state index is 5.98. The molecule has 20 heavy (non-hydrogen) atoms. The monoisotopic (exact) mass is 275 g/mol. The van der Waals surface area contributed by atoms with E-state index in [-0.39, 0.29) is 0 Å². The normalized spacial score (nSPS) is 18.9. The lowest BCUT2D eigenvalue weighted by Gasteiger charge is -2.23. The lowest BCUT2D eigenvalue weighted by atomic mass is 9.98. The average Bonchev–Trinajstić information content (AvgIpc) is 3.02. The zero-order chi connectivity index (χ0) is 14.4. The van der Waals surface area contributed by atoms with Crippen molar-refractivity contribution in [1.82, 2.24) is 5.32 Å². The second-order valence-electron chi connectivity index (χ2n) is 6.13. The largest absolute Gasteiger partial charge is 0.492 e. The predicted octanol–water partition coefficient (Wildman–Crippen LogP) is 4.36. The van der Waals surface area contributed by atoms with Crippen molar-refractivity contribution < 1.29 is 4.74 Å². The van der Waals surface area contributed by atoms with Crippen molar-refractivity contribution in [1.29, 1.82) is 0 Å². The Hall–Kier alpha value is -1.02. The van der Waals surface area contributed by atoms with Crippen LogP contribution in [0.4, 0.5) is 0 Å². The van der Waals surface area contributed by atoms with Gasteiger partial charge in [-0.05, 0) is 55.8 Å². The minimum Gasteiger partial charge on any atom is -0.492 e. The van der Waals surface area contributed by atoms with Gasteiger partial charge in [-0.15, -0.1) is 0 Å². The first-order valence-corrected chi connectivity index (χ1v) is 8.14. The van der Waals surface area contributed by atoms with Gasteiger partial charge in [0.25, 0.3) is 0 Å². The number of rotatable bonds is 7. The van der Waals surface area contributed by atoms with E-state index in [2.05, 4.69) is 50.5 Å². The average molecular weight is 275 g/mol. The summed E-state index contributed by atoms with van der Waals surface area (Å²) < 4.78 is 5.98. The quantitative estimate of drug-likeness (QED) is 0.798. The summed E-state index contributed by atoms with van der Waals surface area (Å²) in [6.45, 7) is 5.28. The fourth-order valence-corrected chi connectivity index (χ4v) is 3.13. The van der Waals surface area contributed by atoms with E-state index in [1.54, 1.807) is 0 Å². The standard InChI is InChI=1S/C18H29NO/c1-4-14(2)15-9-11-17(12-10-15)20-13-18(19-3)16-7-5-6-8-16/h9-12,14,16,18-19H,4-8,13H2,1-3H3. The third kappa shape index (κ3) is 3.99. The SMILES string of the molecule is CCC(C)c1ccc(OCC(NC)C2CCCC2)cc1. The molecule has 0 saturated heterocycles. The molecule has 1 aromatic carbocycles. The van der Waals surface area contributed by atoms with Crippen molar-refractivity contribution in [3.05, 3.63) is 29.8 Å². The van der Waals surface area contributed by atoms with Crippen LogP contribution in [0.1, 0.15) is 57.4 Å². The van der Waals surface area contributed by atoms with Gasteiger partial charge in [-0.25, -0.2) is 0 Å². The van der Waals surface area contributed by atoms with Crippen molar-refractivity contribution in [2.24, 2.45) is 5.92 Å². The fraction of sp³-hybridized carbons (Fsp3) is 0.667. The van der Waals surface area contributed by atoms with Crippen LogP contribution in [0.5, 0.6) is 5.75 Å². The van der Waals surface area contributed by atoms with Crippen LogP contribution in [0.15, 0.2) is 24.3 Å². The number of nitrogens with one attached hydrogen (secondary N) is 1. The zero-order valence-electron chi connectivity index (χ0n) is 13.2. The van der Waals surface area contributed by atoms with E-state index in [0.717, 1.165) is 18.3 Å². The Bertz CT molecular complexity index is 381. The van der Waals surface area contributed by atoms with Crippen LogP contribution < -0.4 is 10.1 Å².